The molecule has 0 unspecified atom stereocenters. The van der Waals surface area contributed by atoms with Gasteiger partial charge in [-0.3, -0.25) is 4.98 Å². The topological polar surface area (TPSA) is 28.7 Å². The normalized spacial score (nSPS) is 14.5. The molecule has 2 aliphatic rings. The van der Waals surface area contributed by atoms with Crippen molar-refractivity contribution in [3.63, 3.8) is 0 Å². The third kappa shape index (κ3) is 0.546. The molecule has 11 heavy (non-hydrogen) atoms. The number of aromatic nitrogens is 2. The third-order valence-corrected chi connectivity index (χ3v) is 2.41. The van der Waals surface area contributed by atoms with E-state index in [1.54, 1.807) is 0 Å². The van der Waals surface area contributed by atoms with Crippen LogP contribution < -0.4 is 0 Å². The van der Waals surface area contributed by atoms with Crippen molar-refractivity contribution in [3.8, 4) is 0 Å². The highest BCUT2D eigenvalue weighted by atomic mass is 14.7. The summed E-state index contributed by atoms with van der Waals surface area (Å²) in [5, 5.41) is 2.68. The van der Waals surface area contributed by atoms with E-state index in [1.165, 1.54) is 28.5 Å². The zero-order valence-electron chi connectivity index (χ0n) is 6.09. The standard InChI is InChI=1S/C9H8N2/c1-2-9-8-5-10-4-7(8)6(1)3-11-9/h3-5,10H,1-2H2. The van der Waals surface area contributed by atoms with E-state index < -0.39 is 0 Å². The molecule has 2 aromatic rings. The predicted octanol–water partition coefficient (Wildman–Crippen LogP) is 1.66. The van der Waals surface area contributed by atoms with Crippen molar-refractivity contribution < 1.29 is 0 Å². The van der Waals surface area contributed by atoms with Crippen LogP contribution in [-0.2, 0) is 12.8 Å². The Morgan fingerprint density at radius 1 is 1.18 bits per heavy atom. The summed E-state index contributed by atoms with van der Waals surface area (Å²) in [6.45, 7) is 0. The van der Waals surface area contributed by atoms with E-state index >= 15 is 0 Å². The van der Waals surface area contributed by atoms with Crippen molar-refractivity contribution in [1.82, 2.24) is 9.97 Å². The Bertz CT molecular complexity index is 376. The summed E-state index contributed by atoms with van der Waals surface area (Å²) in [4.78, 5) is 7.47. The van der Waals surface area contributed by atoms with Crippen LogP contribution in [0.25, 0.3) is 10.8 Å². The lowest BCUT2D eigenvalue weighted by atomic mass is 9.97. The van der Waals surface area contributed by atoms with E-state index in [0.29, 0.717) is 0 Å². The SMILES string of the molecule is c1nc2c3c[nH]cc3c1CC2. The zero-order valence-corrected chi connectivity index (χ0v) is 6.09. The highest BCUT2D eigenvalue weighted by molar-refractivity contribution is 5.88. The molecule has 1 aliphatic carbocycles. The number of fused-ring (bicyclic) bond motifs is 2. The summed E-state index contributed by atoms with van der Waals surface area (Å²) < 4.78 is 0. The number of nitrogens with one attached hydrogen (secondary N) is 1. The molecule has 2 nitrogen and oxygen atoms in total. The monoisotopic (exact) mass is 144 g/mol. The average Bonchev–Trinajstić information content (AvgIpc) is 2.55. The Labute approximate surface area is 64.3 Å². The van der Waals surface area contributed by atoms with Gasteiger partial charge >= 0.3 is 0 Å². The minimum absolute atomic E-state index is 1.12. The highest BCUT2D eigenvalue weighted by Gasteiger charge is 2.13. The van der Waals surface area contributed by atoms with Crippen molar-refractivity contribution in [2.24, 2.45) is 0 Å². The average molecular weight is 144 g/mol. The summed E-state index contributed by atoms with van der Waals surface area (Å²) in [7, 11) is 0. The number of hydrogen-bond acceptors (Lipinski definition) is 1. The number of H-pyrrole nitrogens is 1. The second kappa shape index (κ2) is 1.64. The van der Waals surface area contributed by atoms with Crippen molar-refractivity contribution in [1.29, 1.82) is 0 Å². The van der Waals surface area contributed by atoms with Crippen LogP contribution in [0.2, 0.25) is 0 Å². The maximum atomic E-state index is 4.35. The molecular formula is C9H8N2. The lowest BCUT2D eigenvalue weighted by molar-refractivity contribution is 0.880. The number of rotatable bonds is 0. The van der Waals surface area contributed by atoms with Gasteiger partial charge in [0.05, 0.1) is 5.69 Å². The first-order valence-corrected chi connectivity index (χ1v) is 3.88. The summed E-state index contributed by atoms with van der Waals surface area (Å²) in [6, 6.07) is 0. The second-order valence-corrected chi connectivity index (χ2v) is 3.01. The maximum absolute atomic E-state index is 4.35. The molecule has 4 rings (SSSR count). The molecule has 0 saturated carbocycles. The number of hydrogen-bond donors (Lipinski definition) is 1. The van der Waals surface area contributed by atoms with Gasteiger partial charge in [0.2, 0.25) is 0 Å². The first kappa shape index (κ1) is 5.35. The van der Waals surface area contributed by atoms with Crippen molar-refractivity contribution in [2.45, 2.75) is 12.8 Å². The number of aryl methyl sites for hydroxylation is 2. The van der Waals surface area contributed by atoms with Gasteiger partial charge in [0.25, 0.3) is 0 Å². The van der Waals surface area contributed by atoms with Crippen LogP contribution in [0, 0.1) is 0 Å². The summed E-state index contributed by atoms with van der Waals surface area (Å²) in [5.41, 5.74) is 2.63. The van der Waals surface area contributed by atoms with Gasteiger partial charge in [0, 0.05) is 29.4 Å². The second-order valence-electron chi connectivity index (χ2n) is 3.01. The molecule has 1 aliphatic heterocycles. The van der Waals surface area contributed by atoms with Crippen LogP contribution in [0.15, 0.2) is 18.6 Å². The summed E-state index contributed by atoms with van der Waals surface area (Å²) >= 11 is 0. The minimum Gasteiger partial charge on any atom is -0.366 e. The Balaban J connectivity index is 2.64. The molecule has 0 amide bonds. The van der Waals surface area contributed by atoms with E-state index in [1.807, 2.05) is 12.4 Å². The van der Waals surface area contributed by atoms with Crippen LogP contribution in [0.5, 0.6) is 0 Å². The molecule has 2 bridgehead atoms. The molecule has 0 radical (unpaired) electrons. The van der Waals surface area contributed by atoms with Crippen LogP contribution in [-0.4, -0.2) is 9.97 Å². The highest BCUT2D eigenvalue weighted by Crippen LogP contribution is 2.27. The number of aromatic amines is 1. The van der Waals surface area contributed by atoms with Crippen LogP contribution in [0.1, 0.15) is 11.3 Å². The van der Waals surface area contributed by atoms with Gasteiger partial charge in [0.15, 0.2) is 0 Å². The van der Waals surface area contributed by atoms with Crippen LogP contribution >= 0.6 is 0 Å². The molecular weight excluding hydrogens is 136 g/mol. The van der Waals surface area contributed by atoms with E-state index in [0.717, 1.165) is 6.42 Å². The van der Waals surface area contributed by atoms with E-state index in [9.17, 15) is 0 Å². The molecule has 0 atom stereocenters. The quantitative estimate of drug-likeness (QED) is 0.598. The Morgan fingerprint density at radius 3 is 2.82 bits per heavy atom. The first-order valence-electron chi connectivity index (χ1n) is 3.88. The van der Waals surface area contributed by atoms with E-state index in [2.05, 4.69) is 16.2 Å². The van der Waals surface area contributed by atoms with Gasteiger partial charge in [-0.05, 0) is 18.4 Å². The van der Waals surface area contributed by atoms with E-state index in [-0.39, 0.29) is 0 Å². The maximum Gasteiger partial charge on any atom is 0.0500 e. The summed E-state index contributed by atoms with van der Waals surface area (Å²) in [6.07, 6.45) is 8.39. The lowest BCUT2D eigenvalue weighted by Gasteiger charge is -2.12. The van der Waals surface area contributed by atoms with E-state index in [4.69, 9.17) is 0 Å². The van der Waals surface area contributed by atoms with Gasteiger partial charge in [-0.2, -0.15) is 0 Å². The molecule has 0 spiro atoms. The van der Waals surface area contributed by atoms with Crippen molar-refractivity contribution in [2.75, 3.05) is 0 Å². The van der Waals surface area contributed by atoms with Crippen LogP contribution in [0.3, 0.4) is 0 Å². The predicted molar refractivity (Wildman–Crippen MR) is 43.5 cm³/mol. The smallest absolute Gasteiger partial charge is 0.0500 e. The van der Waals surface area contributed by atoms with Gasteiger partial charge in [0.1, 0.15) is 0 Å². The molecule has 54 valence electrons. The molecule has 1 N–H and O–H groups in total. The van der Waals surface area contributed by atoms with Gasteiger partial charge in [-0.1, -0.05) is 0 Å². The van der Waals surface area contributed by atoms with Crippen molar-refractivity contribution >= 4 is 10.8 Å². The number of nitrogens with zero attached hydrogens (tertiary/aromatic N) is 1. The molecule has 2 aromatic heterocycles. The summed E-state index contributed by atoms with van der Waals surface area (Å²) in [5.74, 6) is 0. The van der Waals surface area contributed by atoms with Gasteiger partial charge in [-0.25, -0.2) is 0 Å². The Hall–Kier alpha value is -1.31. The van der Waals surface area contributed by atoms with Crippen LogP contribution in [0.4, 0.5) is 0 Å². The van der Waals surface area contributed by atoms with Gasteiger partial charge in [-0.15, -0.1) is 0 Å². The molecule has 3 heterocycles. The minimum atomic E-state index is 1.12. The fraction of sp³-hybridized carbons (Fsp3) is 0.222. The Morgan fingerprint density at radius 2 is 2.09 bits per heavy atom. The lowest BCUT2D eigenvalue weighted by Crippen LogP contribution is -2.03. The molecule has 0 saturated heterocycles. The fourth-order valence-electron chi connectivity index (χ4n) is 1.81. The zero-order chi connectivity index (χ0) is 7.26. The largest absolute Gasteiger partial charge is 0.366 e. The van der Waals surface area contributed by atoms with Gasteiger partial charge < -0.3 is 4.98 Å². The number of pyridine rings is 1. The third-order valence-electron chi connectivity index (χ3n) is 2.41. The fourth-order valence-corrected chi connectivity index (χ4v) is 1.81. The molecule has 0 fully saturated rings. The Kier molecular flexibility index (Phi) is 0.799. The van der Waals surface area contributed by atoms with Crippen molar-refractivity contribution in [3.05, 3.63) is 29.8 Å². The molecule has 0 aromatic carbocycles. The molecule has 2 heteroatoms. The first-order chi connectivity index (χ1) is 5.45.